The van der Waals surface area contributed by atoms with Crippen LogP contribution in [0.25, 0.3) is 0 Å². The number of carbonyl (C=O) groups excluding carboxylic acids is 2. The van der Waals surface area contributed by atoms with Gasteiger partial charge in [0.2, 0.25) is 5.91 Å². The average molecular weight is 479 g/mol. The highest BCUT2D eigenvalue weighted by atomic mass is 19.1. The van der Waals surface area contributed by atoms with Crippen LogP contribution in [0.5, 0.6) is 17.2 Å². The van der Waals surface area contributed by atoms with Gasteiger partial charge in [0.15, 0.2) is 6.10 Å². The summed E-state index contributed by atoms with van der Waals surface area (Å²) in [5.74, 6) is 1.15. The maximum atomic E-state index is 13.1. The summed E-state index contributed by atoms with van der Waals surface area (Å²) in [6, 6.07) is 16.6. The summed E-state index contributed by atoms with van der Waals surface area (Å²) in [5, 5.41) is 2.87. The van der Waals surface area contributed by atoms with Crippen molar-refractivity contribution in [2.75, 3.05) is 19.5 Å². The molecular formula is C27H27FN2O5. The van der Waals surface area contributed by atoms with Crippen molar-refractivity contribution in [1.29, 1.82) is 0 Å². The number of carbonyl (C=O) groups is 2. The van der Waals surface area contributed by atoms with Crippen LogP contribution in [0.3, 0.4) is 0 Å². The lowest BCUT2D eigenvalue weighted by Crippen LogP contribution is -2.37. The van der Waals surface area contributed by atoms with Gasteiger partial charge in [-0.2, -0.15) is 0 Å². The zero-order chi connectivity index (χ0) is 24.9. The SMILES string of the molecule is COc1ccc(CN2Cc3cc(NC(=O)Cc4ccc(F)cc4)ccc3O[C@H](C)C2=O)c(OC)c1. The lowest BCUT2D eigenvalue weighted by molar-refractivity contribution is -0.138. The first kappa shape index (κ1) is 24.1. The molecule has 0 saturated heterocycles. The van der Waals surface area contributed by atoms with Crippen LogP contribution in [0.1, 0.15) is 23.6 Å². The van der Waals surface area contributed by atoms with Crippen molar-refractivity contribution >= 4 is 17.5 Å². The van der Waals surface area contributed by atoms with Gasteiger partial charge in [-0.3, -0.25) is 9.59 Å². The van der Waals surface area contributed by atoms with E-state index in [0.29, 0.717) is 41.6 Å². The van der Waals surface area contributed by atoms with Crippen molar-refractivity contribution in [3.05, 3.63) is 83.2 Å². The molecule has 1 N–H and O–H groups in total. The Balaban J connectivity index is 1.52. The third-order valence-corrected chi connectivity index (χ3v) is 5.80. The number of rotatable bonds is 7. The lowest BCUT2D eigenvalue weighted by atomic mass is 10.1. The highest BCUT2D eigenvalue weighted by molar-refractivity contribution is 5.92. The minimum absolute atomic E-state index is 0.118. The molecule has 4 rings (SSSR count). The molecule has 0 radical (unpaired) electrons. The predicted octanol–water partition coefficient (Wildman–Crippen LogP) is 4.33. The Bertz CT molecular complexity index is 1230. The molecule has 0 aromatic heterocycles. The Morgan fingerprint density at radius 3 is 2.57 bits per heavy atom. The summed E-state index contributed by atoms with van der Waals surface area (Å²) < 4.78 is 29.8. The molecule has 0 aliphatic carbocycles. The van der Waals surface area contributed by atoms with Gasteiger partial charge < -0.3 is 24.4 Å². The second-order valence-corrected chi connectivity index (χ2v) is 8.31. The second-order valence-electron chi connectivity index (χ2n) is 8.31. The van der Waals surface area contributed by atoms with Crippen LogP contribution in [0, 0.1) is 5.82 Å². The topological polar surface area (TPSA) is 77.1 Å². The summed E-state index contributed by atoms with van der Waals surface area (Å²) in [7, 11) is 3.16. The molecule has 35 heavy (non-hydrogen) atoms. The van der Waals surface area contributed by atoms with Crippen LogP contribution in [0.2, 0.25) is 0 Å². The third-order valence-electron chi connectivity index (χ3n) is 5.80. The number of hydrogen-bond donors (Lipinski definition) is 1. The van der Waals surface area contributed by atoms with Crippen LogP contribution in [0.15, 0.2) is 60.7 Å². The fourth-order valence-corrected chi connectivity index (χ4v) is 3.99. The normalized spacial score (nSPS) is 15.0. The number of halogens is 1. The minimum Gasteiger partial charge on any atom is -0.497 e. The van der Waals surface area contributed by atoms with Crippen molar-refractivity contribution in [3.63, 3.8) is 0 Å². The number of nitrogens with zero attached hydrogens (tertiary/aromatic N) is 1. The average Bonchev–Trinajstić information content (AvgIpc) is 2.96. The minimum atomic E-state index is -0.667. The molecule has 8 heteroatoms. The number of amides is 2. The fourth-order valence-electron chi connectivity index (χ4n) is 3.99. The van der Waals surface area contributed by atoms with Gasteiger partial charge in [0.25, 0.3) is 5.91 Å². The summed E-state index contributed by atoms with van der Waals surface area (Å²) in [4.78, 5) is 27.3. The first-order chi connectivity index (χ1) is 16.9. The lowest BCUT2D eigenvalue weighted by Gasteiger charge is -2.23. The maximum Gasteiger partial charge on any atom is 0.263 e. The van der Waals surface area contributed by atoms with Gasteiger partial charge in [-0.1, -0.05) is 12.1 Å². The molecule has 7 nitrogen and oxygen atoms in total. The van der Waals surface area contributed by atoms with Gasteiger partial charge in [0.1, 0.15) is 23.1 Å². The van der Waals surface area contributed by atoms with Gasteiger partial charge in [0.05, 0.1) is 20.6 Å². The van der Waals surface area contributed by atoms with Gasteiger partial charge in [-0.05, 0) is 55.0 Å². The van der Waals surface area contributed by atoms with E-state index in [4.69, 9.17) is 14.2 Å². The molecule has 0 unspecified atom stereocenters. The van der Waals surface area contributed by atoms with Crippen LogP contribution < -0.4 is 19.5 Å². The molecule has 0 fully saturated rings. The van der Waals surface area contributed by atoms with E-state index in [-0.39, 0.29) is 24.1 Å². The van der Waals surface area contributed by atoms with Crippen molar-refractivity contribution < 1.29 is 28.2 Å². The van der Waals surface area contributed by atoms with E-state index >= 15 is 0 Å². The van der Waals surface area contributed by atoms with Crippen LogP contribution in [-0.4, -0.2) is 37.0 Å². The number of hydrogen-bond acceptors (Lipinski definition) is 5. The van der Waals surface area contributed by atoms with Crippen LogP contribution >= 0.6 is 0 Å². The zero-order valence-corrected chi connectivity index (χ0v) is 19.8. The van der Waals surface area contributed by atoms with Gasteiger partial charge in [0, 0.05) is 36.0 Å². The van der Waals surface area contributed by atoms with Crippen LogP contribution in [-0.2, 0) is 29.1 Å². The Hall–Kier alpha value is -4.07. The number of fused-ring (bicyclic) bond motifs is 1. The second kappa shape index (κ2) is 10.5. The zero-order valence-electron chi connectivity index (χ0n) is 19.8. The standard InChI is InChI=1S/C27H27FN2O5/c1-17-27(32)30(15-19-6-10-23(33-2)14-25(19)34-3)16-20-13-22(9-11-24(20)35-17)29-26(31)12-18-4-7-21(28)8-5-18/h4-11,13-14,17H,12,15-16H2,1-3H3,(H,29,31)/t17-/m1/s1. The van der Waals surface area contributed by atoms with Crippen molar-refractivity contribution in [1.82, 2.24) is 4.90 Å². The van der Waals surface area contributed by atoms with E-state index < -0.39 is 6.10 Å². The summed E-state index contributed by atoms with van der Waals surface area (Å²) >= 11 is 0. The van der Waals surface area contributed by atoms with Gasteiger partial charge >= 0.3 is 0 Å². The maximum absolute atomic E-state index is 13.1. The molecular weight excluding hydrogens is 451 g/mol. The molecule has 1 aliphatic rings. The van der Waals surface area contributed by atoms with E-state index in [0.717, 1.165) is 11.1 Å². The van der Waals surface area contributed by atoms with Crippen molar-refractivity contribution in [2.45, 2.75) is 32.5 Å². The van der Waals surface area contributed by atoms with E-state index in [9.17, 15) is 14.0 Å². The summed E-state index contributed by atoms with van der Waals surface area (Å²) in [6.45, 7) is 2.34. The number of ether oxygens (including phenoxy) is 3. The molecule has 182 valence electrons. The molecule has 3 aromatic rings. The Morgan fingerprint density at radius 1 is 1.09 bits per heavy atom. The largest absolute Gasteiger partial charge is 0.497 e. The highest BCUT2D eigenvalue weighted by Crippen LogP contribution is 2.31. The van der Waals surface area contributed by atoms with Crippen molar-refractivity contribution in [2.24, 2.45) is 0 Å². The van der Waals surface area contributed by atoms with E-state index in [1.54, 1.807) is 56.4 Å². The first-order valence-corrected chi connectivity index (χ1v) is 11.2. The number of methoxy groups -OCH3 is 2. The fraction of sp³-hybridized carbons (Fsp3) is 0.259. The Kier molecular flexibility index (Phi) is 7.19. The third kappa shape index (κ3) is 5.71. The first-order valence-electron chi connectivity index (χ1n) is 11.2. The molecule has 0 spiro atoms. The number of anilines is 1. The number of benzene rings is 3. The van der Waals surface area contributed by atoms with Crippen molar-refractivity contribution in [3.8, 4) is 17.2 Å². The molecule has 2 amide bonds. The van der Waals surface area contributed by atoms with E-state index in [2.05, 4.69) is 5.32 Å². The Morgan fingerprint density at radius 2 is 1.86 bits per heavy atom. The quantitative estimate of drug-likeness (QED) is 0.547. The van der Waals surface area contributed by atoms with Gasteiger partial charge in [-0.15, -0.1) is 0 Å². The molecule has 1 atom stereocenters. The summed E-state index contributed by atoms with van der Waals surface area (Å²) in [6.07, 6.45) is -0.549. The highest BCUT2D eigenvalue weighted by Gasteiger charge is 2.29. The number of nitrogens with one attached hydrogen (secondary N) is 1. The predicted molar refractivity (Wildman–Crippen MR) is 129 cm³/mol. The van der Waals surface area contributed by atoms with Crippen LogP contribution in [0.4, 0.5) is 10.1 Å². The monoisotopic (exact) mass is 478 g/mol. The van der Waals surface area contributed by atoms with Gasteiger partial charge in [-0.25, -0.2) is 4.39 Å². The molecule has 1 heterocycles. The Labute approximate surface area is 203 Å². The summed E-state index contributed by atoms with van der Waals surface area (Å²) in [5.41, 5.74) is 2.90. The molecule has 3 aromatic carbocycles. The molecule has 0 saturated carbocycles. The van der Waals surface area contributed by atoms with E-state index in [1.165, 1.54) is 12.1 Å². The molecule has 0 bridgehead atoms. The van der Waals surface area contributed by atoms with E-state index in [1.807, 2.05) is 18.2 Å². The smallest absolute Gasteiger partial charge is 0.263 e. The molecule has 1 aliphatic heterocycles.